The van der Waals surface area contributed by atoms with Crippen LogP contribution in [0.5, 0.6) is 0 Å². The Morgan fingerprint density at radius 2 is 1.76 bits per heavy atom. The third-order valence-corrected chi connectivity index (χ3v) is 4.91. The standard InChI is InChI=1S/C24H25N3O2/c1-4-23(28)27(3)21-10-7-19(8-11-21)20-9-12-22(17(2)14-20)24(29)26-16-18-6-5-13-25-15-18/h5-15H,4,16H2,1-3H3,(H,26,29). The van der Waals surface area contributed by atoms with Crippen molar-refractivity contribution >= 4 is 17.5 Å². The number of aromatic nitrogens is 1. The number of hydrogen-bond donors (Lipinski definition) is 1. The predicted molar refractivity (Wildman–Crippen MR) is 116 cm³/mol. The molecular weight excluding hydrogens is 362 g/mol. The number of nitrogens with zero attached hydrogens (tertiary/aromatic N) is 2. The number of hydrogen-bond acceptors (Lipinski definition) is 3. The number of carbonyl (C=O) groups excluding carboxylic acids is 2. The minimum atomic E-state index is -0.104. The van der Waals surface area contributed by atoms with Gasteiger partial charge in [0.15, 0.2) is 0 Å². The maximum absolute atomic E-state index is 12.5. The number of anilines is 1. The van der Waals surface area contributed by atoms with Gasteiger partial charge in [0.1, 0.15) is 0 Å². The molecule has 1 aromatic heterocycles. The van der Waals surface area contributed by atoms with Crippen molar-refractivity contribution in [2.75, 3.05) is 11.9 Å². The molecular formula is C24H25N3O2. The lowest BCUT2D eigenvalue weighted by Crippen LogP contribution is -2.24. The molecule has 0 radical (unpaired) electrons. The molecule has 0 atom stereocenters. The molecule has 148 valence electrons. The Morgan fingerprint density at radius 3 is 2.38 bits per heavy atom. The highest BCUT2D eigenvalue weighted by Crippen LogP contribution is 2.25. The summed E-state index contributed by atoms with van der Waals surface area (Å²) < 4.78 is 0. The summed E-state index contributed by atoms with van der Waals surface area (Å²) in [7, 11) is 1.78. The van der Waals surface area contributed by atoms with Crippen LogP contribution in [-0.4, -0.2) is 23.8 Å². The summed E-state index contributed by atoms with van der Waals surface area (Å²) in [5.41, 5.74) is 5.46. The SMILES string of the molecule is CCC(=O)N(C)c1ccc(-c2ccc(C(=O)NCc3cccnc3)c(C)c2)cc1. The summed E-state index contributed by atoms with van der Waals surface area (Å²) >= 11 is 0. The summed E-state index contributed by atoms with van der Waals surface area (Å²) in [5.74, 6) is -0.0248. The van der Waals surface area contributed by atoms with E-state index in [1.165, 1.54) is 0 Å². The van der Waals surface area contributed by atoms with E-state index >= 15 is 0 Å². The molecule has 3 rings (SSSR count). The maximum atomic E-state index is 12.5. The van der Waals surface area contributed by atoms with Crippen LogP contribution in [0.4, 0.5) is 5.69 Å². The molecule has 29 heavy (non-hydrogen) atoms. The van der Waals surface area contributed by atoms with Gasteiger partial charge in [0, 0.05) is 43.7 Å². The van der Waals surface area contributed by atoms with Gasteiger partial charge in [-0.2, -0.15) is 0 Å². The van der Waals surface area contributed by atoms with Gasteiger partial charge in [0.2, 0.25) is 5.91 Å². The molecule has 5 nitrogen and oxygen atoms in total. The first kappa shape index (κ1) is 20.3. The Labute approximate surface area is 171 Å². The molecule has 0 bridgehead atoms. The topological polar surface area (TPSA) is 62.3 Å². The zero-order chi connectivity index (χ0) is 20.8. The Morgan fingerprint density at radius 1 is 1.03 bits per heavy atom. The van der Waals surface area contributed by atoms with Crippen molar-refractivity contribution in [3.05, 3.63) is 83.7 Å². The first-order valence-electron chi connectivity index (χ1n) is 9.64. The summed E-state index contributed by atoms with van der Waals surface area (Å²) in [6.07, 6.45) is 3.92. The number of pyridine rings is 1. The molecule has 2 amide bonds. The van der Waals surface area contributed by atoms with E-state index in [-0.39, 0.29) is 11.8 Å². The fourth-order valence-electron chi connectivity index (χ4n) is 3.14. The van der Waals surface area contributed by atoms with E-state index < -0.39 is 0 Å². The van der Waals surface area contributed by atoms with Crippen LogP contribution in [-0.2, 0) is 11.3 Å². The number of nitrogens with one attached hydrogen (secondary N) is 1. The molecule has 2 aromatic carbocycles. The predicted octanol–water partition coefficient (Wildman–Crippen LogP) is 4.36. The first-order chi connectivity index (χ1) is 14.0. The van der Waals surface area contributed by atoms with Gasteiger partial charge < -0.3 is 10.2 Å². The van der Waals surface area contributed by atoms with Crippen molar-refractivity contribution in [1.29, 1.82) is 0 Å². The smallest absolute Gasteiger partial charge is 0.251 e. The average molecular weight is 387 g/mol. The Kier molecular flexibility index (Phi) is 6.39. The number of amides is 2. The van der Waals surface area contributed by atoms with E-state index in [9.17, 15) is 9.59 Å². The highest BCUT2D eigenvalue weighted by atomic mass is 16.2. The molecule has 3 aromatic rings. The minimum Gasteiger partial charge on any atom is -0.348 e. The molecule has 0 aliphatic heterocycles. The molecule has 0 aliphatic carbocycles. The fourth-order valence-corrected chi connectivity index (χ4v) is 3.14. The second-order valence-corrected chi connectivity index (χ2v) is 6.93. The minimum absolute atomic E-state index is 0.0789. The zero-order valence-corrected chi connectivity index (χ0v) is 17.0. The van der Waals surface area contributed by atoms with Gasteiger partial charge in [0.25, 0.3) is 5.91 Å². The van der Waals surface area contributed by atoms with E-state index in [4.69, 9.17) is 0 Å². The van der Waals surface area contributed by atoms with Gasteiger partial charge in [-0.25, -0.2) is 0 Å². The molecule has 0 saturated heterocycles. The number of aryl methyl sites for hydroxylation is 1. The summed E-state index contributed by atoms with van der Waals surface area (Å²) in [6.45, 7) is 4.23. The molecule has 0 aliphatic rings. The van der Waals surface area contributed by atoms with E-state index in [2.05, 4.69) is 10.3 Å². The molecule has 0 spiro atoms. The first-order valence-corrected chi connectivity index (χ1v) is 9.64. The summed E-state index contributed by atoms with van der Waals surface area (Å²) in [5, 5.41) is 2.93. The Balaban J connectivity index is 1.72. The van der Waals surface area contributed by atoms with Crippen LogP contribution >= 0.6 is 0 Å². The third-order valence-electron chi connectivity index (χ3n) is 4.91. The lowest BCUT2D eigenvalue weighted by molar-refractivity contribution is -0.118. The van der Waals surface area contributed by atoms with Crippen LogP contribution in [0.2, 0.25) is 0 Å². The van der Waals surface area contributed by atoms with Gasteiger partial charge >= 0.3 is 0 Å². The van der Waals surface area contributed by atoms with Crippen molar-refractivity contribution < 1.29 is 9.59 Å². The molecule has 0 unspecified atom stereocenters. The molecule has 5 heteroatoms. The average Bonchev–Trinajstić information content (AvgIpc) is 2.77. The van der Waals surface area contributed by atoms with E-state index in [0.717, 1.165) is 27.9 Å². The van der Waals surface area contributed by atoms with Crippen LogP contribution in [0.3, 0.4) is 0 Å². The van der Waals surface area contributed by atoms with E-state index in [1.54, 1.807) is 24.3 Å². The molecule has 0 fully saturated rings. The van der Waals surface area contributed by atoms with Gasteiger partial charge in [-0.15, -0.1) is 0 Å². The van der Waals surface area contributed by atoms with Gasteiger partial charge in [-0.1, -0.05) is 37.3 Å². The van der Waals surface area contributed by atoms with Gasteiger partial charge in [-0.3, -0.25) is 14.6 Å². The molecule has 0 saturated carbocycles. The molecule has 1 heterocycles. The van der Waals surface area contributed by atoms with Crippen molar-refractivity contribution in [3.8, 4) is 11.1 Å². The van der Waals surface area contributed by atoms with Crippen LogP contribution < -0.4 is 10.2 Å². The van der Waals surface area contributed by atoms with Crippen molar-refractivity contribution in [2.45, 2.75) is 26.8 Å². The van der Waals surface area contributed by atoms with Crippen LogP contribution in [0, 0.1) is 6.92 Å². The normalized spacial score (nSPS) is 10.4. The van der Waals surface area contributed by atoms with E-state index in [0.29, 0.717) is 18.5 Å². The fraction of sp³-hybridized carbons (Fsp3) is 0.208. The van der Waals surface area contributed by atoms with Crippen molar-refractivity contribution in [2.24, 2.45) is 0 Å². The van der Waals surface area contributed by atoms with Crippen LogP contribution in [0.25, 0.3) is 11.1 Å². The van der Waals surface area contributed by atoms with Crippen LogP contribution in [0.15, 0.2) is 67.0 Å². The second-order valence-electron chi connectivity index (χ2n) is 6.93. The number of benzene rings is 2. The van der Waals surface area contributed by atoms with Gasteiger partial charge in [0.05, 0.1) is 0 Å². The van der Waals surface area contributed by atoms with Crippen molar-refractivity contribution in [3.63, 3.8) is 0 Å². The zero-order valence-electron chi connectivity index (χ0n) is 17.0. The summed E-state index contributed by atoms with van der Waals surface area (Å²) in [6, 6.07) is 17.4. The van der Waals surface area contributed by atoms with Gasteiger partial charge in [-0.05, 0) is 53.4 Å². The third kappa shape index (κ3) is 4.88. The van der Waals surface area contributed by atoms with E-state index in [1.807, 2.05) is 68.4 Å². The lowest BCUT2D eigenvalue weighted by atomic mass is 9.99. The Hall–Kier alpha value is -3.47. The highest BCUT2D eigenvalue weighted by molar-refractivity contribution is 5.96. The monoisotopic (exact) mass is 387 g/mol. The number of carbonyl (C=O) groups is 2. The second kappa shape index (κ2) is 9.15. The number of rotatable bonds is 6. The maximum Gasteiger partial charge on any atom is 0.251 e. The quantitative estimate of drug-likeness (QED) is 0.684. The lowest BCUT2D eigenvalue weighted by Gasteiger charge is -2.17. The Bertz CT molecular complexity index is 998. The van der Waals surface area contributed by atoms with Crippen molar-refractivity contribution in [1.82, 2.24) is 10.3 Å². The molecule has 1 N–H and O–H groups in total. The summed E-state index contributed by atoms with van der Waals surface area (Å²) in [4.78, 5) is 30.1. The highest BCUT2D eigenvalue weighted by Gasteiger charge is 2.11. The van der Waals surface area contributed by atoms with Crippen LogP contribution in [0.1, 0.15) is 34.8 Å². The largest absolute Gasteiger partial charge is 0.348 e.